The molecule has 0 radical (unpaired) electrons. The molecular formula is C16H21ClFN5. The summed E-state index contributed by atoms with van der Waals surface area (Å²) < 4.78 is 14.8. The van der Waals surface area contributed by atoms with Gasteiger partial charge in [-0.2, -0.15) is 0 Å². The molecule has 2 aromatic rings. The van der Waals surface area contributed by atoms with Crippen molar-refractivity contribution in [2.45, 2.75) is 32.4 Å². The van der Waals surface area contributed by atoms with E-state index in [0.717, 1.165) is 18.8 Å². The van der Waals surface area contributed by atoms with E-state index >= 15 is 0 Å². The number of hydrogen-bond acceptors (Lipinski definition) is 4. The fourth-order valence-corrected chi connectivity index (χ4v) is 3.05. The highest BCUT2D eigenvalue weighted by Crippen LogP contribution is 2.18. The molecule has 7 heteroatoms. The van der Waals surface area contributed by atoms with Crippen molar-refractivity contribution in [2.75, 3.05) is 13.1 Å². The first kappa shape index (κ1) is 16.4. The monoisotopic (exact) mass is 337 g/mol. The van der Waals surface area contributed by atoms with Crippen LogP contribution in [0.1, 0.15) is 25.5 Å². The summed E-state index contributed by atoms with van der Waals surface area (Å²) in [7, 11) is 0. The lowest BCUT2D eigenvalue weighted by Gasteiger charge is -2.28. The molecule has 0 spiro atoms. The van der Waals surface area contributed by atoms with E-state index in [0.29, 0.717) is 24.2 Å². The standard InChI is InChI=1S/C16H21ClFN5/c1-11(12-3-2-6-19-8-12)20-9-13-10-23(22-21-13)14-4-5-16(18)15(17)7-14/h4-5,7,10-12,19-20H,2-3,6,8-9H2,1H3. The second-order valence-corrected chi connectivity index (χ2v) is 6.44. The normalized spacial score (nSPS) is 19.7. The largest absolute Gasteiger partial charge is 0.316 e. The molecule has 2 heterocycles. The van der Waals surface area contributed by atoms with Gasteiger partial charge in [0.1, 0.15) is 5.82 Å². The van der Waals surface area contributed by atoms with Crippen LogP contribution in [0.25, 0.3) is 5.69 Å². The van der Waals surface area contributed by atoms with E-state index in [2.05, 4.69) is 27.9 Å². The van der Waals surface area contributed by atoms with Gasteiger partial charge < -0.3 is 10.6 Å². The topological polar surface area (TPSA) is 54.8 Å². The van der Waals surface area contributed by atoms with Crippen LogP contribution in [0, 0.1) is 11.7 Å². The number of rotatable bonds is 5. The van der Waals surface area contributed by atoms with E-state index in [-0.39, 0.29) is 5.02 Å². The van der Waals surface area contributed by atoms with Crippen LogP contribution in [-0.2, 0) is 6.54 Å². The van der Waals surface area contributed by atoms with Crippen LogP contribution >= 0.6 is 11.6 Å². The van der Waals surface area contributed by atoms with Crippen molar-refractivity contribution in [3.05, 3.63) is 40.9 Å². The summed E-state index contributed by atoms with van der Waals surface area (Å²) in [5.74, 6) is 0.210. The van der Waals surface area contributed by atoms with Crippen LogP contribution in [0.5, 0.6) is 0 Å². The summed E-state index contributed by atoms with van der Waals surface area (Å²) in [6, 6.07) is 4.92. The summed E-state index contributed by atoms with van der Waals surface area (Å²) >= 11 is 5.80. The van der Waals surface area contributed by atoms with Crippen molar-refractivity contribution < 1.29 is 4.39 Å². The average Bonchev–Trinajstić information content (AvgIpc) is 3.05. The second kappa shape index (κ2) is 7.38. The van der Waals surface area contributed by atoms with Gasteiger partial charge in [0.25, 0.3) is 0 Å². The molecule has 1 aromatic carbocycles. The molecule has 1 aliphatic rings. The first-order valence-electron chi connectivity index (χ1n) is 7.94. The van der Waals surface area contributed by atoms with Crippen molar-refractivity contribution in [3.63, 3.8) is 0 Å². The van der Waals surface area contributed by atoms with Crippen molar-refractivity contribution in [1.29, 1.82) is 0 Å². The van der Waals surface area contributed by atoms with Gasteiger partial charge >= 0.3 is 0 Å². The number of halogens is 2. The Morgan fingerprint density at radius 3 is 3.13 bits per heavy atom. The van der Waals surface area contributed by atoms with Crippen molar-refractivity contribution >= 4 is 11.6 Å². The predicted molar refractivity (Wildman–Crippen MR) is 88.2 cm³/mol. The van der Waals surface area contributed by atoms with Crippen LogP contribution in [-0.4, -0.2) is 34.1 Å². The minimum absolute atomic E-state index is 0.0797. The Morgan fingerprint density at radius 1 is 1.52 bits per heavy atom. The second-order valence-electron chi connectivity index (χ2n) is 6.03. The average molecular weight is 338 g/mol. The molecule has 2 unspecified atom stereocenters. The molecule has 1 aliphatic heterocycles. The Balaban J connectivity index is 1.59. The van der Waals surface area contributed by atoms with E-state index < -0.39 is 5.82 Å². The van der Waals surface area contributed by atoms with Crippen LogP contribution in [0.3, 0.4) is 0 Å². The van der Waals surface area contributed by atoms with Crippen molar-refractivity contribution in [3.8, 4) is 5.69 Å². The van der Waals surface area contributed by atoms with E-state index in [9.17, 15) is 4.39 Å². The molecule has 2 atom stereocenters. The number of hydrogen-bond donors (Lipinski definition) is 2. The minimum atomic E-state index is -0.438. The lowest BCUT2D eigenvalue weighted by atomic mass is 9.93. The van der Waals surface area contributed by atoms with Crippen molar-refractivity contribution in [2.24, 2.45) is 5.92 Å². The maximum absolute atomic E-state index is 13.2. The summed E-state index contributed by atoms with van der Waals surface area (Å²) in [6.07, 6.45) is 4.32. The van der Waals surface area contributed by atoms with Crippen molar-refractivity contribution in [1.82, 2.24) is 25.6 Å². The summed E-state index contributed by atoms with van der Waals surface area (Å²) in [5, 5.41) is 15.3. The Kier molecular flexibility index (Phi) is 5.25. The molecular weight excluding hydrogens is 317 g/mol. The van der Waals surface area contributed by atoms with E-state index in [4.69, 9.17) is 11.6 Å². The van der Waals surface area contributed by atoms with Gasteiger partial charge in [-0.15, -0.1) is 5.10 Å². The van der Waals surface area contributed by atoms with Crippen LogP contribution in [0.2, 0.25) is 5.02 Å². The highest BCUT2D eigenvalue weighted by atomic mass is 35.5. The molecule has 3 rings (SSSR count). The van der Waals surface area contributed by atoms with E-state index in [1.54, 1.807) is 16.8 Å². The number of benzene rings is 1. The van der Waals surface area contributed by atoms with Crippen LogP contribution in [0.4, 0.5) is 4.39 Å². The summed E-state index contributed by atoms with van der Waals surface area (Å²) in [5.41, 5.74) is 1.54. The Bertz CT molecular complexity index is 654. The van der Waals surface area contributed by atoms with Gasteiger partial charge in [-0.05, 0) is 57.0 Å². The van der Waals surface area contributed by atoms with Gasteiger partial charge in [0.2, 0.25) is 0 Å². The maximum atomic E-state index is 13.2. The lowest BCUT2D eigenvalue weighted by molar-refractivity contribution is 0.296. The first-order valence-corrected chi connectivity index (χ1v) is 8.32. The SMILES string of the molecule is CC(NCc1cn(-c2ccc(F)c(Cl)c2)nn1)C1CCCNC1. The molecule has 0 saturated carbocycles. The molecule has 1 aromatic heterocycles. The summed E-state index contributed by atoms with van der Waals surface area (Å²) in [4.78, 5) is 0. The zero-order valence-corrected chi connectivity index (χ0v) is 13.9. The molecule has 1 fully saturated rings. The van der Waals surface area contributed by atoms with Gasteiger partial charge in [-0.1, -0.05) is 16.8 Å². The highest BCUT2D eigenvalue weighted by Gasteiger charge is 2.19. The Morgan fingerprint density at radius 2 is 2.39 bits per heavy atom. The molecule has 5 nitrogen and oxygen atoms in total. The number of nitrogens with one attached hydrogen (secondary N) is 2. The maximum Gasteiger partial charge on any atom is 0.141 e. The molecule has 0 bridgehead atoms. The smallest absolute Gasteiger partial charge is 0.141 e. The molecule has 2 N–H and O–H groups in total. The number of piperidine rings is 1. The van der Waals surface area contributed by atoms with Gasteiger partial charge in [0.05, 0.1) is 22.6 Å². The fourth-order valence-electron chi connectivity index (χ4n) is 2.87. The lowest BCUT2D eigenvalue weighted by Crippen LogP contribution is -2.42. The fraction of sp³-hybridized carbons (Fsp3) is 0.500. The quantitative estimate of drug-likeness (QED) is 0.880. The van der Waals surface area contributed by atoms with Crippen LogP contribution < -0.4 is 10.6 Å². The third-order valence-corrected chi connectivity index (χ3v) is 4.65. The van der Waals surface area contributed by atoms with Gasteiger partial charge in [-0.3, -0.25) is 0 Å². The van der Waals surface area contributed by atoms with E-state index in [1.165, 1.54) is 18.9 Å². The summed E-state index contributed by atoms with van der Waals surface area (Å²) in [6.45, 7) is 5.06. The highest BCUT2D eigenvalue weighted by molar-refractivity contribution is 6.30. The zero-order valence-electron chi connectivity index (χ0n) is 13.1. The predicted octanol–water partition coefficient (Wildman–Crippen LogP) is 2.54. The van der Waals surface area contributed by atoms with Crippen LogP contribution in [0.15, 0.2) is 24.4 Å². The third kappa shape index (κ3) is 4.07. The Labute approximate surface area is 140 Å². The van der Waals surface area contributed by atoms with Gasteiger partial charge in [-0.25, -0.2) is 9.07 Å². The third-order valence-electron chi connectivity index (χ3n) is 4.36. The number of aromatic nitrogens is 3. The molecule has 0 aliphatic carbocycles. The zero-order chi connectivity index (χ0) is 16.2. The molecule has 1 saturated heterocycles. The molecule has 23 heavy (non-hydrogen) atoms. The first-order chi connectivity index (χ1) is 11.1. The van der Waals surface area contributed by atoms with Gasteiger partial charge in [0.15, 0.2) is 0 Å². The van der Waals surface area contributed by atoms with Gasteiger partial charge in [0, 0.05) is 12.6 Å². The van der Waals surface area contributed by atoms with E-state index in [1.807, 2.05) is 6.20 Å². The molecule has 0 amide bonds. The number of nitrogens with zero attached hydrogens (tertiary/aromatic N) is 3. The molecule has 124 valence electrons. The minimum Gasteiger partial charge on any atom is -0.316 e. The Hall–Kier alpha value is -1.50.